The first kappa shape index (κ1) is 13.4. The van der Waals surface area contributed by atoms with Crippen molar-refractivity contribution in [3.8, 4) is 0 Å². The Morgan fingerprint density at radius 2 is 2.06 bits per heavy atom. The molecule has 0 aliphatic rings. The molecule has 0 bridgehead atoms. The maximum Gasteiger partial charge on any atom is 0.354 e. The van der Waals surface area contributed by atoms with Crippen LogP contribution in [0.25, 0.3) is 0 Å². The molecule has 8 nitrogen and oxygen atoms in total. The third kappa shape index (κ3) is 3.74. The SMILES string of the molecule is COC(=O)/C=C(/Nc1ccc(=O)[nH]n1)C(=O)OC. The van der Waals surface area contributed by atoms with E-state index in [1.165, 1.54) is 19.2 Å². The lowest BCUT2D eigenvalue weighted by Crippen LogP contribution is -2.17. The van der Waals surface area contributed by atoms with Gasteiger partial charge >= 0.3 is 11.9 Å². The smallest absolute Gasteiger partial charge is 0.354 e. The second-order valence-corrected chi connectivity index (χ2v) is 3.00. The molecular formula is C10H11N3O5. The zero-order valence-electron chi connectivity index (χ0n) is 9.72. The second-order valence-electron chi connectivity index (χ2n) is 3.00. The summed E-state index contributed by atoms with van der Waals surface area (Å²) in [7, 11) is 2.33. The number of hydrogen-bond acceptors (Lipinski definition) is 7. The predicted molar refractivity (Wildman–Crippen MR) is 60.6 cm³/mol. The molecule has 0 saturated heterocycles. The fraction of sp³-hybridized carbons (Fsp3) is 0.200. The fourth-order valence-corrected chi connectivity index (χ4v) is 0.985. The van der Waals surface area contributed by atoms with Crippen LogP contribution in [0.3, 0.4) is 0 Å². The van der Waals surface area contributed by atoms with Gasteiger partial charge in [0.1, 0.15) is 5.70 Å². The van der Waals surface area contributed by atoms with Crippen LogP contribution in [0.1, 0.15) is 0 Å². The number of aromatic nitrogens is 2. The first-order valence-electron chi connectivity index (χ1n) is 4.77. The number of anilines is 1. The van der Waals surface area contributed by atoms with Crippen molar-refractivity contribution in [1.29, 1.82) is 0 Å². The van der Waals surface area contributed by atoms with Crippen LogP contribution in [-0.4, -0.2) is 36.4 Å². The van der Waals surface area contributed by atoms with E-state index >= 15 is 0 Å². The third-order valence-electron chi connectivity index (χ3n) is 1.81. The van der Waals surface area contributed by atoms with E-state index in [9.17, 15) is 14.4 Å². The zero-order valence-corrected chi connectivity index (χ0v) is 9.72. The summed E-state index contributed by atoms with van der Waals surface area (Å²) >= 11 is 0. The highest BCUT2D eigenvalue weighted by Crippen LogP contribution is 2.05. The highest BCUT2D eigenvalue weighted by atomic mass is 16.5. The molecule has 2 N–H and O–H groups in total. The molecule has 1 rings (SSSR count). The summed E-state index contributed by atoms with van der Waals surface area (Å²) in [6, 6.07) is 2.55. The number of carbonyl (C=O) groups excluding carboxylic acids is 2. The van der Waals surface area contributed by atoms with E-state index in [1.807, 2.05) is 0 Å². The van der Waals surface area contributed by atoms with Gasteiger partial charge in [-0.15, -0.1) is 0 Å². The van der Waals surface area contributed by atoms with Crippen molar-refractivity contribution < 1.29 is 19.1 Å². The van der Waals surface area contributed by atoms with Gasteiger partial charge in [-0.3, -0.25) is 4.79 Å². The van der Waals surface area contributed by atoms with Gasteiger partial charge in [-0.25, -0.2) is 14.7 Å². The first-order valence-corrected chi connectivity index (χ1v) is 4.77. The Morgan fingerprint density at radius 1 is 1.33 bits per heavy atom. The van der Waals surface area contributed by atoms with Crippen LogP contribution in [0.4, 0.5) is 5.82 Å². The van der Waals surface area contributed by atoms with Crippen LogP contribution in [0.15, 0.2) is 28.7 Å². The van der Waals surface area contributed by atoms with Gasteiger partial charge in [0.2, 0.25) is 0 Å². The maximum absolute atomic E-state index is 11.4. The highest BCUT2D eigenvalue weighted by molar-refractivity contribution is 5.98. The zero-order chi connectivity index (χ0) is 13.5. The lowest BCUT2D eigenvalue weighted by Gasteiger charge is -2.07. The van der Waals surface area contributed by atoms with Crippen LogP contribution in [0.5, 0.6) is 0 Å². The largest absolute Gasteiger partial charge is 0.466 e. The molecule has 0 radical (unpaired) electrons. The summed E-state index contributed by atoms with van der Waals surface area (Å²) in [6.07, 6.45) is 0.915. The number of nitrogens with zero attached hydrogens (tertiary/aromatic N) is 1. The summed E-state index contributed by atoms with van der Waals surface area (Å²) < 4.78 is 8.87. The van der Waals surface area contributed by atoms with Gasteiger partial charge in [0.15, 0.2) is 5.82 Å². The van der Waals surface area contributed by atoms with Crippen molar-refractivity contribution in [3.05, 3.63) is 34.3 Å². The summed E-state index contributed by atoms with van der Waals surface area (Å²) in [5, 5.41) is 8.31. The van der Waals surface area contributed by atoms with Crippen molar-refractivity contribution in [2.75, 3.05) is 19.5 Å². The molecule has 1 heterocycles. The summed E-state index contributed by atoms with van der Waals surface area (Å²) in [5.41, 5.74) is -0.555. The number of aromatic amines is 1. The van der Waals surface area contributed by atoms with Crippen LogP contribution < -0.4 is 10.9 Å². The van der Waals surface area contributed by atoms with Crippen LogP contribution in [0, 0.1) is 0 Å². The van der Waals surface area contributed by atoms with Crippen molar-refractivity contribution >= 4 is 17.8 Å². The third-order valence-corrected chi connectivity index (χ3v) is 1.81. The van der Waals surface area contributed by atoms with Crippen LogP contribution in [0.2, 0.25) is 0 Å². The number of ether oxygens (including phenoxy) is 2. The van der Waals surface area contributed by atoms with E-state index < -0.39 is 17.5 Å². The van der Waals surface area contributed by atoms with Gasteiger partial charge < -0.3 is 14.8 Å². The molecule has 8 heteroatoms. The van der Waals surface area contributed by atoms with E-state index in [0.29, 0.717) is 0 Å². The summed E-state index contributed by atoms with van der Waals surface area (Å²) in [5.74, 6) is -1.32. The summed E-state index contributed by atoms with van der Waals surface area (Å²) in [4.78, 5) is 33.2. The van der Waals surface area contributed by atoms with Crippen molar-refractivity contribution in [1.82, 2.24) is 10.2 Å². The Hall–Kier alpha value is -2.64. The molecular weight excluding hydrogens is 242 g/mol. The van der Waals surface area contributed by atoms with Gasteiger partial charge in [0.05, 0.1) is 20.3 Å². The van der Waals surface area contributed by atoms with Gasteiger partial charge in [0, 0.05) is 6.07 Å². The normalized spacial score (nSPS) is 10.7. The van der Waals surface area contributed by atoms with Gasteiger partial charge in [0.25, 0.3) is 5.56 Å². The highest BCUT2D eigenvalue weighted by Gasteiger charge is 2.13. The van der Waals surface area contributed by atoms with E-state index in [1.54, 1.807) is 0 Å². The van der Waals surface area contributed by atoms with Crippen molar-refractivity contribution in [2.45, 2.75) is 0 Å². The van der Waals surface area contributed by atoms with Gasteiger partial charge in [-0.2, -0.15) is 5.10 Å². The molecule has 18 heavy (non-hydrogen) atoms. The minimum atomic E-state index is -0.770. The molecule has 1 aromatic rings. The number of H-pyrrole nitrogens is 1. The second kappa shape index (κ2) is 6.18. The topological polar surface area (TPSA) is 110 Å². The minimum absolute atomic E-state index is 0.163. The Labute approximate surface area is 102 Å². The Kier molecular flexibility index (Phi) is 4.61. The monoisotopic (exact) mass is 253 g/mol. The average molecular weight is 253 g/mol. The molecule has 0 spiro atoms. The molecule has 0 unspecified atom stereocenters. The summed E-state index contributed by atoms with van der Waals surface area (Å²) in [6.45, 7) is 0. The number of hydrogen-bond donors (Lipinski definition) is 2. The van der Waals surface area contributed by atoms with Crippen molar-refractivity contribution in [3.63, 3.8) is 0 Å². The molecule has 0 fully saturated rings. The first-order chi connectivity index (χ1) is 8.56. The molecule has 0 atom stereocenters. The lowest BCUT2D eigenvalue weighted by molar-refractivity contribution is -0.138. The number of methoxy groups -OCH3 is 2. The fourth-order valence-electron chi connectivity index (χ4n) is 0.985. The van der Waals surface area contributed by atoms with Crippen LogP contribution >= 0.6 is 0 Å². The van der Waals surface area contributed by atoms with Gasteiger partial charge in [-0.1, -0.05) is 0 Å². The average Bonchev–Trinajstić information content (AvgIpc) is 2.39. The van der Waals surface area contributed by atoms with Gasteiger partial charge in [-0.05, 0) is 6.07 Å². The van der Waals surface area contributed by atoms with E-state index in [2.05, 4.69) is 25.0 Å². The molecule has 1 aromatic heterocycles. The number of rotatable bonds is 4. The molecule has 0 aliphatic heterocycles. The quantitative estimate of drug-likeness (QED) is 0.545. The van der Waals surface area contributed by atoms with Crippen molar-refractivity contribution in [2.24, 2.45) is 0 Å². The predicted octanol–water partition coefficient (Wildman–Crippen LogP) is -0.588. The molecule has 0 aromatic carbocycles. The standard InChI is InChI=1S/C10H11N3O5/c1-17-9(15)5-6(10(16)18-2)11-7-3-4-8(14)13-12-7/h3-5H,1-2H3,(H,11,12)(H,13,14)/b6-5+. The van der Waals surface area contributed by atoms with E-state index in [0.717, 1.165) is 13.2 Å². The van der Waals surface area contributed by atoms with Crippen LogP contribution in [-0.2, 0) is 19.1 Å². The van der Waals surface area contributed by atoms with E-state index in [-0.39, 0.29) is 11.5 Å². The maximum atomic E-state index is 11.4. The Bertz CT molecular complexity index is 514. The number of carbonyl (C=O) groups is 2. The number of nitrogens with one attached hydrogen (secondary N) is 2. The Balaban J connectivity index is 2.95. The molecule has 0 saturated carbocycles. The molecule has 0 aliphatic carbocycles. The minimum Gasteiger partial charge on any atom is -0.466 e. The number of esters is 2. The molecule has 96 valence electrons. The van der Waals surface area contributed by atoms with E-state index in [4.69, 9.17) is 0 Å². The lowest BCUT2D eigenvalue weighted by atomic mass is 10.3. The Morgan fingerprint density at radius 3 is 2.56 bits per heavy atom. The molecule has 0 amide bonds.